The second-order valence-electron chi connectivity index (χ2n) is 5.10. The van der Waals surface area contributed by atoms with Crippen LogP contribution in [0, 0.1) is 0 Å². The first-order chi connectivity index (χ1) is 7.88. The fourth-order valence-electron chi connectivity index (χ4n) is 1.54. The molecule has 4 heteroatoms. The number of hydrogen-bond acceptors (Lipinski definition) is 3. The number of nitrogens with zero attached hydrogens (tertiary/aromatic N) is 1. The van der Waals surface area contributed by atoms with Crippen LogP contribution in [-0.4, -0.2) is 20.2 Å². The Kier molecular flexibility index (Phi) is 2.58. The fourth-order valence-corrected chi connectivity index (χ4v) is 1.54. The summed E-state index contributed by atoms with van der Waals surface area (Å²) >= 11 is 0. The van der Waals surface area contributed by atoms with E-state index in [0.717, 1.165) is 17.1 Å². The quantitative estimate of drug-likeness (QED) is 0.662. The van der Waals surface area contributed by atoms with Crippen molar-refractivity contribution in [3.63, 3.8) is 0 Å². The van der Waals surface area contributed by atoms with Gasteiger partial charge in [-0.3, -0.25) is 0 Å². The van der Waals surface area contributed by atoms with Crippen LogP contribution in [0.5, 0.6) is 11.5 Å². The van der Waals surface area contributed by atoms with Gasteiger partial charge in [-0.25, -0.2) is 4.98 Å². The van der Waals surface area contributed by atoms with E-state index in [-0.39, 0.29) is 16.9 Å². The van der Waals surface area contributed by atoms with Crippen molar-refractivity contribution in [1.29, 1.82) is 0 Å². The zero-order valence-electron chi connectivity index (χ0n) is 10.2. The minimum Gasteiger partial charge on any atom is -0.504 e. The van der Waals surface area contributed by atoms with Crippen molar-refractivity contribution in [3.8, 4) is 22.8 Å². The average Bonchev–Trinajstić information content (AvgIpc) is 2.70. The van der Waals surface area contributed by atoms with Crippen LogP contribution in [-0.2, 0) is 5.41 Å². The SMILES string of the molecule is CC(C)(C)c1ncc(-c2ccc(O)c(O)c2)[nH]1. The number of phenolic OH excluding ortho intramolecular Hbond substituents is 2. The lowest BCUT2D eigenvalue weighted by Gasteiger charge is -2.14. The maximum Gasteiger partial charge on any atom is 0.158 e. The van der Waals surface area contributed by atoms with Crippen LogP contribution in [0.2, 0.25) is 0 Å². The van der Waals surface area contributed by atoms with Crippen LogP contribution in [0.25, 0.3) is 11.3 Å². The summed E-state index contributed by atoms with van der Waals surface area (Å²) in [6.07, 6.45) is 1.73. The molecule has 0 spiro atoms. The van der Waals surface area contributed by atoms with Gasteiger partial charge in [-0.1, -0.05) is 20.8 Å². The third-order valence-electron chi connectivity index (χ3n) is 2.57. The van der Waals surface area contributed by atoms with Gasteiger partial charge in [0.1, 0.15) is 5.82 Å². The molecule has 3 N–H and O–H groups in total. The number of aromatic hydroxyl groups is 2. The molecular weight excluding hydrogens is 216 g/mol. The third kappa shape index (κ3) is 2.25. The van der Waals surface area contributed by atoms with Crippen molar-refractivity contribution in [3.05, 3.63) is 30.2 Å². The van der Waals surface area contributed by atoms with E-state index in [1.165, 1.54) is 12.1 Å². The summed E-state index contributed by atoms with van der Waals surface area (Å²) in [6, 6.07) is 4.70. The standard InChI is InChI=1S/C13H16N2O2/c1-13(2,3)12-14-7-9(15-12)8-4-5-10(16)11(17)6-8/h4-7,16-17H,1-3H3,(H,14,15). The van der Waals surface area contributed by atoms with Crippen molar-refractivity contribution in [1.82, 2.24) is 9.97 Å². The molecule has 17 heavy (non-hydrogen) atoms. The van der Waals surface area contributed by atoms with Gasteiger partial charge in [-0.15, -0.1) is 0 Å². The number of phenols is 2. The van der Waals surface area contributed by atoms with Gasteiger partial charge in [0, 0.05) is 11.0 Å². The number of imidazole rings is 1. The molecule has 0 radical (unpaired) electrons. The van der Waals surface area contributed by atoms with Gasteiger partial charge in [0.2, 0.25) is 0 Å². The Bertz CT molecular complexity index is 539. The summed E-state index contributed by atoms with van der Waals surface area (Å²) in [5.74, 6) is 0.638. The van der Waals surface area contributed by atoms with E-state index in [0.29, 0.717) is 0 Å². The van der Waals surface area contributed by atoms with Gasteiger partial charge in [0.25, 0.3) is 0 Å². The van der Waals surface area contributed by atoms with Crippen LogP contribution in [0.15, 0.2) is 24.4 Å². The topological polar surface area (TPSA) is 69.1 Å². The van der Waals surface area contributed by atoms with Crippen molar-refractivity contribution in [2.75, 3.05) is 0 Å². The van der Waals surface area contributed by atoms with Crippen molar-refractivity contribution in [2.24, 2.45) is 0 Å². The Morgan fingerprint density at radius 2 is 1.82 bits per heavy atom. The summed E-state index contributed by atoms with van der Waals surface area (Å²) in [5, 5.41) is 18.7. The molecule has 0 saturated heterocycles. The van der Waals surface area contributed by atoms with Gasteiger partial charge >= 0.3 is 0 Å². The molecule has 1 aromatic carbocycles. The molecule has 1 aromatic heterocycles. The number of nitrogens with one attached hydrogen (secondary N) is 1. The number of aromatic amines is 1. The Balaban J connectivity index is 2.40. The molecule has 0 aliphatic carbocycles. The molecule has 4 nitrogen and oxygen atoms in total. The minimum absolute atomic E-state index is 0.0444. The summed E-state index contributed by atoms with van der Waals surface area (Å²) in [5.41, 5.74) is 1.57. The fraction of sp³-hybridized carbons (Fsp3) is 0.308. The molecule has 0 fully saturated rings. The van der Waals surface area contributed by atoms with Gasteiger partial charge in [-0.2, -0.15) is 0 Å². The van der Waals surface area contributed by atoms with Crippen LogP contribution in [0.3, 0.4) is 0 Å². The highest BCUT2D eigenvalue weighted by atomic mass is 16.3. The van der Waals surface area contributed by atoms with Crippen LogP contribution >= 0.6 is 0 Å². The Labute approximate surface area is 100.0 Å². The summed E-state index contributed by atoms with van der Waals surface area (Å²) in [6.45, 7) is 6.22. The molecule has 0 aliphatic rings. The van der Waals surface area contributed by atoms with E-state index >= 15 is 0 Å². The van der Waals surface area contributed by atoms with Crippen molar-refractivity contribution >= 4 is 0 Å². The number of H-pyrrole nitrogens is 1. The van der Waals surface area contributed by atoms with Gasteiger partial charge in [0.05, 0.1) is 11.9 Å². The lowest BCUT2D eigenvalue weighted by atomic mass is 9.96. The van der Waals surface area contributed by atoms with Crippen LogP contribution < -0.4 is 0 Å². The molecule has 0 unspecified atom stereocenters. The molecule has 90 valence electrons. The summed E-state index contributed by atoms with van der Waals surface area (Å²) < 4.78 is 0. The Morgan fingerprint density at radius 3 is 2.35 bits per heavy atom. The zero-order valence-corrected chi connectivity index (χ0v) is 10.2. The predicted molar refractivity (Wildman–Crippen MR) is 66.1 cm³/mol. The molecule has 0 aliphatic heterocycles. The molecule has 2 aromatic rings. The average molecular weight is 232 g/mol. The molecule has 1 heterocycles. The maximum absolute atomic E-state index is 9.44. The zero-order chi connectivity index (χ0) is 12.6. The van der Waals surface area contributed by atoms with Crippen LogP contribution in [0.1, 0.15) is 26.6 Å². The van der Waals surface area contributed by atoms with Gasteiger partial charge < -0.3 is 15.2 Å². The first kappa shape index (κ1) is 11.5. The van der Waals surface area contributed by atoms with Gasteiger partial charge in [-0.05, 0) is 18.2 Å². The highest BCUT2D eigenvalue weighted by Crippen LogP contribution is 2.30. The van der Waals surface area contributed by atoms with Crippen molar-refractivity contribution in [2.45, 2.75) is 26.2 Å². The number of hydrogen-bond donors (Lipinski definition) is 3. The van der Waals surface area contributed by atoms with E-state index in [1.807, 2.05) is 0 Å². The Hall–Kier alpha value is -1.97. The molecule has 0 bridgehead atoms. The monoisotopic (exact) mass is 232 g/mol. The number of rotatable bonds is 1. The van der Waals surface area contributed by atoms with Gasteiger partial charge in [0.15, 0.2) is 11.5 Å². The maximum atomic E-state index is 9.44. The molecule has 0 saturated carbocycles. The number of aromatic nitrogens is 2. The molecule has 0 amide bonds. The Morgan fingerprint density at radius 1 is 1.12 bits per heavy atom. The molecular formula is C13H16N2O2. The number of benzene rings is 1. The lowest BCUT2D eigenvalue weighted by Crippen LogP contribution is -2.13. The van der Waals surface area contributed by atoms with E-state index < -0.39 is 0 Å². The first-order valence-corrected chi connectivity index (χ1v) is 5.46. The van der Waals surface area contributed by atoms with Crippen LogP contribution in [0.4, 0.5) is 0 Å². The molecule has 0 atom stereocenters. The highest BCUT2D eigenvalue weighted by Gasteiger charge is 2.17. The second kappa shape index (κ2) is 3.80. The van der Waals surface area contributed by atoms with E-state index in [2.05, 4.69) is 30.7 Å². The molecule has 2 rings (SSSR count). The third-order valence-corrected chi connectivity index (χ3v) is 2.57. The summed E-state index contributed by atoms with van der Waals surface area (Å²) in [7, 11) is 0. The highest BCUT2D eigenvalue weighted by molar-refractivity contribution is 5.63. The van der Waals surface area contributed by atoms with Crippen molar-refractivity contribution < 1.29 is 10.2 Å². The van der Waals surface area contributed by atoms with E-state index in [9.17, 15) is 10.2 Å². The van der Waals surface area contributed by atoms with E-state index in [1.54, 1.807) is 12.3 Å². The normalized spacial score (nSPS) is 11.7. The smallest absolute Gasteiger partial charge is 0.158 e. The summed E-state index contributed by atoms with van der Waals surface area (Å²) in [4.78, 5) is 7.53. The minimum atomic E-state index is -0.130. The largest absolute Gasteiger partial charge is 0.504 e. The predicted octanol–water partition coefficient (Wildman–Crippen LogP) is 2.79. The second-order valence-corrected chi connectivity index (χ2v) is 5.10. The lowest BCUT2D eigenvalue weighted by molar-refractivity contribution is 0.404. The first-order valence-electron chi connectivity index (χ1n) is 5.46. The van der Waals surface area contributed by atoms with E-state index in [4.69, 9.17) is 0 Å².